The van der Waals surface area contributed by atoms with Gasteiger partial charge in [0.2, 0.25) is 0 Å². The van der Waals surface area contributed by atoms with E-state index in [-0.39, 0.29) is 5.56 Å². The van der Waals surface area contributed by atoms with Gasteiger partial charge in [-0.1, -0.05) is 0 Å². The van der Waals surface area contributed by atoms with Gasteiger partial charge in [0.25, 0.3) is 5.56 Å². The van der Waals surface area contributed by atoms with E-state index in [1.807, 2.05) is 19.9 Å². The van der Waals surface area contributed by atoms with Gasteiger partial charge in [0.05, 0.1) is 24.0 Å². The van der Waals surface area contributed by atoms with Crippen LogP contribution in [0.5, 0.6) is 0 Å². The fourth-order valence-corrected chi connectivity index (χ4v) is 2.59. The molecule has 0 fully saturated rings. The predicted octanol–water partition coefficient (Wildman–Crippen LogP) is 1.31. The number of hydrogen-bond donors (Lipinski definition) is 0. The highest BCUT2D eigenvalue weighted by Gasteiger charge is 2.11. The summed E-state index contributed by atoms with van der Waals surface area (Å²) in [5, 5.41) is 0.583. The molecular weight excluding hydrogens is 262 g/mol. The van der Waals surface area contributed by atoms with Crippen molar-refractivity contribution in [2.45, 2.75) is 20.4 Å². The molecule has 0 aliphatic heterocycles. The van der Waals surface area contributed by atoms with Crippen molar-refractivity contribution in [3.05, 3.63) is 46.2 Å². The van der Waals surface area contributed by atoms with E-state index in [0.29, 0.717) is 22.6 Å². The Balaban J connectivity index is 2.08. The summed E-state index contributed by atoms with van der Waals surface area (Å²) in [7, 11) is 0. The van der Waals surface area contributed by atoms with Crippen LogP contribution in [0, 0.1) is 13.8 Å². The van der Waals surface area contributed by atoms with Crippen LogP contribution in [0.25, 0.3) is 10.2 Å². The SMILES string of the molecule is Cc1ccnc(Cn2cnc3snc(C)c3c2=O)n1. The Kier molecular flexibility index (Phi) is 2.83. The van der Waals surface area contributed by atoms with Crippen LogP contribution in [-0.2, 0) is 6.54 Å². The smallest absolute Gasteiger partial charge is 0.264 e. The second-order valence-electron chi connectivity index (χ2n) is 4.24. The fraction of sp³-hybridized carbons (Fsp3) is 0.250. The Bertz CT molecular complexity index is 807. The minimum absolute atomic E-state index is 0.0960. The number of aryl methyl sites for hydroxylation is 2. The summed E-state index contributed by atoms with van der Waals surface area (Å²) in [6.45, 7) is 4.02. The molecule has 0 saturated carbocycles. The monoisotopic (exact) mass is 273 g/mol. The van der Waals surface area contributed by atoms with E-state index in [1.165, 1.54) is 22.4 Å². The van der Waals surface area contributed by atoms with Crippen LogP contribution >= 0.6 is 11.5 Å². The zero-order valence-electron chi connectivity index (χ0n) is 10.5. The van der Waals surface area contributed by atoms with Crippen LogP contribution in [0.2, 0.25) is 0 Å². The van der Waals surface area contributed by atoms with Crippen molar-refractivity contribution in [1.29, 1.82) is 0 Å². The summed E-state index contributed by atoms with van der Waals surface area (Å²) in [6, 6.07) is 1.82. The quantitative estimate of drug-likeness (QED) is 0.703. The van der Waals surface area contributed by atoms with Crippen LogP contribution in [-0.4, -0.2) is 23.9 Å². The molecule has 0 amide bonds. The molecule has 0 atom stereocenters. The van der Waals surface area contributed by atoms with E-state index in [0.717, 1.165) is 11.4 Å². The molecular formula is C12H11N5OS. The molecule has 3 aromatic rings. The van der Waals surface area contributed by atoms with Crippen LogP contribution in [0.15, 0.2) is 23.4 Å². The van der Waals surface area contributed by atoms with Crippen LogP contribution in [0.1, 0.15) is 17.2 Å². The molecule has 0 N–H and O–H groups in total. The fourth-order valence-electron chi connectivity index (χ4n) is 1.85. The zero-order valence-corrected chi connectivity index (χ0v) is 11.3. The number of fused-ring (bicyclic) bond motifs is 1. The average molecular weight is 273 g/mol. The van der Waals surface area contributed by atoms with Gasteiger partial charge >= 0.3 is 0 Å². The van der Waals surface area contributed by atoms with Crippen molar-refractivity contribution in [1.82, 2.24) is 23.9 Å². The van der Waals surface area contributed by atoms with Gasteiger partial charge in [0.1, 0.15) is 5.82 Å². The molecule has 3 aromatic heterocycles. The molecule has 19 heavy (non-hydrogen) atoms. The number of hydrogen-bond acceptors (Lipinski definition) is 6. The van der Waals surface area contributed by atoms with Crippen molar-refractivity contribution >= 4 is 21.7 Å². The summed E-state index contributed by atoms with van der Waals surface area (Å²) in [6.07, 6.45) is 3.21. The summed E-state index contributed by atoms with van der Waals surface area (Å²) in [5.41, 5.74) is 1.50. The molecule has 7 heteroatoms. The first-order valence-electron chi connectivity index (χ1n) is 5.75. The second kappa shape index (κ2) is 4.51. The minimum atomic E-state index is -0.0960. The van der Waals surface area contributed by atoms with Crippen molar-refractivity contribution < 1.29 is 0 Å². The second-order valence-corrected chi connectivity index (χ2v) is 4.99. The molecule has 0 bridgehead atoms. The lowest BCUT2D eigenvalue weighted by molar-refractivity contribution is 0.703. The third kappa shape index (κ3) is 2.12. The van der Waals surface area contributed by atoms with E-state index in [4.69, 9.17) is 0 Å². The highest BCUT2D eigenvalue weighted by atomic mass is 32.1. The van der Waals surface area contributed by atoms with Gasteiger partial charge in [0.15, 0.2) is 4.83 Å². The Morgan fingerprint density at radius 1 is 1.32 bits per heavy atom. The number of aromatic nitrogens is 5. The van der Waals surface area contributed by atoms with Crippen molar-refractivity contribution in [2.24, 2.45) is 0 Å². The Morgan fingerprint density at radius 2 is 2.16 bits per heavy atom. The normalized spacial score (nSPS) is 11.1. The van der Waals surface area contributed by atoms with E-state index in [1.54, 1.807) is 6.20 Å². The minimum Gasteiger partial charge on any atom is -0.291 e. The number of nitrogens with zero attached hydrogens (tertiary/aromatic N) is 5. The largest absolute Gasteiger partial charge is 0.291 e. The maximum atomic E-state index is 12.3. The molecule has 0 saturated heterocycles. The van der Waals surface area contributed by atoms with Crippen LogP contribution < -0.4 is 5.56 Å². The van der Waals surface area contributed by atoms with Crippen molar-refractivity contribution in [3.8, 4) is 0 Å². The van der Waals surface area contributed by atoms with Gasteiger partial charge < -0.3 is 0 Å². The summed E-state index contributed by atoms with van der Waals surface area (Å²) < 4.78 is 5.67. The molecule has 0 unspecified atom stereocenters. The van der Waals surface area contributed by atoms with Gasteiger partial charge in [0, 0.05) is 11.9 Å². The first-order chi connectivity index (χ1) is 9.15. The average Bonchev–Trinajstić information content (AvgIpc) is 2.75. The first-order valence-corrected chi connectivity index (χ1v) is 6.52. The molecule has 3 heterocycles. The van der Waals surface area contributed by atoms with Gasteiger partial charge in [-0.2, -0.15) is 4.37 Å². The molecule has 0 spiro atoms. The van der Waals surface area contributed by atoms with E-state index >= 15 is 0 Å². The van der Waals surface area contributed by atoms with E-state index in [9.17, 15) is 4.79 Å². The van der Waals surface area contributed by atoms with Crippen molar-refractivity contribution in [3.63, 3.8) is 0 Å². The Morgan fingerprint density at radius 3 is 2.95 bits per heavy atom. The third-order valence-corrected chi connectivity index (χ3v) is 3.64. The molecule has 0 aromatic carbocycles. The molecule has 3 rings (SSSR count). The first kappa shape index (κ1) is 11.9. The zero-order chi connectivity index (χ0) is 13.4. The summed E-state index contributed by atoms with van der Waals surface area (Å²) >= 11 is 1.24. The lowest BCUT2D eigenvalue weighted by atomic mass is 10.3. The van der Waals surface area contributed by atoms with Gasteiger partial charge in [-0.05, 0) is 31.4 Å². The van der Waals surface area contributed by atoms with Gasteiger partial charge in [-0.25, -0.2) is 15.0 Å². The van der Waals surface area contributed by atoms with Crippen molar-refractivity contribution in [2.75, 3.05) is 0 Å². The molecule has 96 valence electrons. The molecule has 0 aliphatic rings. The van der Waals surface area contributed by atoms with Crippen LogP contribution in [0.3, 0.4) is 0 Å². The molecule has 0 radical (unpaired) electrons. The number of rotatable bonds is 2. The maximum absolute atomic E-state index is 12.3. The predicted molar refractivity (Wildman–Crippen MR) is 72.3 cm³/mol. The summed E-state index contributed by atoms with van der Waals surface area (Å²) in [4.78, 5) is 25.7. The third-order valence-electron chi connectivity index (χ3n) is 2.79. The Labute approximate surface area is 113 Å². The topological polar surface area (TPSA) is 73.6 Å². The molecule has 0 aliphatic carbocycles. The van der Waals surface area contributed by atoms with Gasteiger partial charge in [-0.3, -0.25) is 9.36 Å². The Hall–Kier alpha value is -2.15. The molecule has 6 nitrogen and oxygen atoms in total. The van der Waals surface area contributed by atoms with E-state index < -0.39 is 0 Å². The standard InChI is InChI=1S/C12H11N5OS/c1-7-3-4-13-9(15-7)5-17-6-14-11-10(12(17)18)8(2)16-19-11/h3-4,6H,5H2,1-2H3. The van der Waals surface area contributed by atoms with Crippen LogP contribution in [0.4, 0.5) is 0 Å². The lowest BCUT2D eigenvalue weighted by Crippen LogP contribution is -2.22. The highest BCUT2D eigenvalue weighted by molar-refractivity contribution is 7.12. The highest BCUT2D eigenvalue weighted by Crippen LogP contribution is 2.15. The van der Waals surface area contributed by atoms with Gasteiger partial charge in [-0.15, -0.1) is 0 Å². The van der Waals surface area contributed by atoms with E-state index in [2.05, 4.69) is 19.3 Å². The lowest BCUT2D eigenvalue weighted by Gasteiger charge is -2.04. The maximum Gasteiger partial charge on any atom is 0.264 e. The summed E-state index contributed by atoms with van der Waals surface area (Å²) in [5.74, 6) is 0.601.